The van der Waals surface area contributed by atoms with Crippen molar-refractivity contribution in [2.45, 2.75) is 19.8 Å². The van der Waals surface area contributed by atoms with Crippen LogP contribution in [0.3, 0.4) is 0 Å². The molecule has 0 N–H and O–H groups in total. The van der Waals surface area contributed by atoms with Gasteiger partial charge in [0.15, 0.2) is 12.4 Å². The van der Waals surface area contributed by atoms with Crippen LogP contribution in [-0.2, 0) is 19.1 Å². The SMILES string of the molecule is CCCOC(=O)c1ccc(N2C[C@H](C(=O)OCC(=O)c3ccc(OC(=O)c4ccc(Br)cc4)cc3)CC2=O)cc1. The number of halogens is 1. The topological polar surface area (TPSA) is 116 Å². The van der Waals surface area contributed by atoms with Crippen LogP contribution >= 0.6 is 15.9 Å². The second-order valence-corrected chi connectivity index (χ2v) is 9.96. The van der Waals surface area contributed by atoms with E-state index in [1.807, 2.05) is 6.92 Å². The largest absolute Gasteiger partial charge is 0.462 e. The number of hydrogen-bond acceptors (Lipinski definition) is 8. The van der Waals surface area contributed by atoms with Gasteiger partial charge in [-0.2, -0.15) is 0 Å². The summed E-state index contributed by atoms with van der Waals surface area (Å²) in [4.78, 5) is 63.4. The Bertz CT molecular complexity index is 1400. The number of ketones is 1. The van der Waals surface area contributed by atoms with Gasteiger partial charge < -0.3 is 19.1 Å². The third-order valence-electron chi connectivity index (χ3n) is 6.12. The molecule has 0 unspecified atom stereocenters. The zero-order valence-electron chi connectivity index (χ0n) is 21.6. The summed E-state index contributed by atoms with van der Waals surface area (Å²) in [5.74, 6) is -2.79. The second kappa shape index (κ2) is 13.2. The van der Waals surface area contributed by atoms with Crippen LogP contribution in [0.15, 0.2) is 77.3 Å². The molecule has 40 heavy (non-hydrogen) atoms. The Morgan fingerprint density at radius 3 is 2.08 bits per heavy atom. The molecule has 1 aliphatic rings. The molecule has 0 spiro atoms. The summed E-state index contributed by atoms with van der Waals surface area (Å²) in [5.41, 5.74) is 1.57. The summed E-state index contributed by atoms with van der Waals surface area (Å²) < 4.78 is 16.5. The first-order valence-electron chi connectivity index (χ1n) is 12.6. The van der Waals surface area contributed by atoms with Gasteiger partial charge in [-0.3, -0.25) is 14.4 Å². The fraction of sp³-hybridized carbons (Fsp3) is 0.233. The van der Waals surface area contributed by atoms with Crippen molar-refractivity contribution < 1.29 is 38.2 Å². The lowest BCUT2D eigenvalue weighted by Gasteiger charge is -2.17. The molecule has 4 rings (SSSR count). The third kappa shape index (κ3) is 7.20. The van der Waals surface area contributed by atoms with E-state index < -0.39 is 36.2 Å². The molecule has 0 aliphatic carbocycles. The van der Waals surface area contributed by atoms with E-state index in [0.29, 0.717) is 29.8 Å². The predicted octanol–water partition coefficient (Wildman–Crippen LogP) is 5.01. The number of hydrogen-bond donors (Lipinski definition) is 0. The van der Waals surface area contributed by atoms with Crippen molar-refractivity contribution in [2.24, 2.45) is 5.92 Å². The smallest absolute Gasteiger partial charge is 0.343 e. The van der Waals surface area contributed by atoms with Crippen molar-refractivity contribution in [2.75, 3.05) is 24.7 Å². The predicted molar refractivity (Wildman–Crippen MR) is 148 cm³/mol. The van der Waals surface area contributed by atoms with Gasteiger partial charge in [-0.25, -0.2) is 9.59 Å². The van der Waals surface area contributed by atoms with Gasteiger partial charge in [0.2, 0.25) is 5.91 Å². The van der Waals surface area contributed by atoms with Crippen LogP contribution in [0.4, 0.5) is 5.69 Å². The summed E-state index contributed by atoms with van der Waals surface area (Å²) in [7, 11) is 0. The minimum Gasteiger partial charge on any atom is -0.462 e. The molecule has 10 heteroatoms. The highest BCUT2D eigenvalue weighted by molar-refractivity contribution is 9.10. The Hall–Kier alpha value is -4.31. The van der Waals surface area contributed by atoms with Crippen molar-refractivity contribution in [1.82, 2.24) is 0 Å². The molecule has 3 aromatic carbocycles. The van der Waals surface area contributed by atoms with Gasteiger partial charge in [-0.15, -0.1) is 0 Å². The summed E-state index contributed by atoms with van der Waals surface area (Å²) in [6, 6.07) is 19.0. The molecule has 1 atom stereocenters. The normalized spacial score (nSPS) is 14.5. The van der Waals surface area contributed by atoms with E-state index in [1.54, 1.807) is 48.5 Å². The van der Waals surface area contributed by atoms with Crippen molar-refractivity contribution in [3.63, 3.8) is 0 Å². The maximum atomic E-state index is 12.6. The number of amides is 1. The van der Waals surface area contributed by atoms with Gasteiger partial charge >= 0.3 is 17.9 Å². The van der Waals surface area contributed by atoms with E-state index in [0.717, 1.165) is 4.47 Å². The molecular weight excluding hydrogens is 582 g/mol. The molecule has 1 heterocycles. The van der Waals surface area contributed by atoms with Crippen LogP contribution in [0.1, 0.15) is 50.8 Å². The van der Waals surface area contributed by atoms with E-state index in [-0.39, 0.29) is 30.2 Å². The van der Waals surface area contributed by atoms with Gasteiger partial charge in [0.05, 0.1) is 23.7 Å². The van der Waals surface area contributed by atoms with Crippen molar-refractivity contribution >= 4 is 51.2 Å². The molecule has 0 aromatic heterocycles. The zero-order valence-corrected chi connectivity index (χ0v) is 23.2. The quantitative estimate of drug-likeness (QED) is 0.179. The first-order valence-corrected chi connectivity index (χ1v) is 13.4. The molecule has 0 bridgehead atoms. The van der Waals surface area contributed by atoms with Crippen LogP contribution in [0.2, 0.25) is 0 Å². The monoisotopic (exact) mass is 607 g/mol. The summed E-state index contributed by atoms with van der Waals surface area (Å²) in [5, 5.41) is 0. The number of rotatable bonds is 10. The average Bonchev–Trinajstić information content (AvgIpc) is 3.36. The van der Waals surface area contributed by atoms with Gasteiger partial charge in [0.1, 0.15) is 5.75 Å². The molecule has 3 aromatic rings. The maximum absolute atomic E-state index is 12.6. The number of nitrogens with zero attached hydrogens (tertiary/aromatic N) is 1. The highest BCUT2D eigenvalue weighted by Crippen LogP contribution is 2.26. The molecule has 1 saturated heterocycles. The number of Topliss-reactive ketones (excluding diaryl/α,β-unsaturated/α-hetero) is 1. The Morgan fingerprint density at radius 2 is 1.43 bits per heavy atom. The summed E-state index contributed by atoms with van der Waals surface area (Å²) in [6.45, 7) is 1.84. The average molecular weight is 608 g/mol. The number of benzene rings is 3. The Balaban J connectivity index is 1.27. The summed E-state index contributed by atoms with van der Waals surface area (Å²) >= 11 is 3.30. The van der Waals surface area contributed by atoms with Crippen LogP contribution in [0.5, 0.6) is 5.75 Å². The number of ether oxygens (including phenoxy) is 3. The Labute approximate surface area is 239 Å². The number of carbonyl (C=O) groups is 5. The fourth-order valence-electron chi connectivity index (χ4n) is 3.97. The highest BCUT2D eigenvalue weighted by Gasteiger charge is 2.36. The molecule has 9 nitrogen and oxygen atoms in total. The number of esters is 3. The molecule has 1 aliphatic heterocycles. The van der Waals surface area contributed by atoms with Crippen molar-refractivity contribution in [1.29, 1.82) is 0 Å². The Morgan fingerprint density at radius 1 is 0.825 bits per heavy atom. The number of anilines is 1. The van der Waals surface area contributed by atoms with Crippen molar-refractivity contribution in [3.8, 4) is 5.75 Å². The van der Waals surface area contributed by atoms with Crippen LogP contribution in [0, 0.1) is 5.92 Å². The minimum atomic E-state index is -0.727. The molecule has 0 saturated carbocycles. The Kier molecular flexibility index (Phi) is 9.44. The van der Waals surface area contributed by atoms with E-state index in [4.69, 9.17) is 14.2 Å². The zero-order chi connectivity index (χ0) is 28.6. The van der Waals surface area contributed by atoms with Crippen molar-refractivity contribution in [3.05, 3.63) is 94.0 Å². The lowest BCUT2D eigenvalue weighted by molar-refractivity contribution is -0.147. The molecular formula is C30H26BrNO8. The first kappa shape index (κ1) is 28.7. The maximum Gasteiger partial charge on any atom is 0.343 e. The number of carbonyl (C=O) groups excluding carboxylic acids is 5. The van der Waals surface area contributed by atoms with Crippen LogP contribution in [-0.4, -0.2) is 49.4 Å². The highest BCUT2D eigenvalue weighted by atomic mass is 79.9. The first-order chi connectivity index (χ1) is 19.2. The molecule has 206 valence electrons. The van der Waals surface area contributed by atoms with E-state index in [2.05, 4.69) is 15.9 Å². The molecule has 1 fully saturated rings. The standard InChI is InChI=1S/C30H26BrNO8/c1-2-15-38-28(35)20-5-11-24(12-6-20)32-17-22(16-27(32)34)29(36)39-18-26(33)19-7-13-25(14-8-19)40-30(37)21-3-9-23(31)10-4-21/h3-14,22H,2,15-18H2,1H3/t22-/m1/s1. The van der Waals surface area contributed by atoms with E-state index in [9.17, 15) is 24.0 Å². The fourth-order valence-corrected chi connectivity index (χ4v) is 4.23. The molecule has 1 amide bonds. The van der Waals surface area contributed by atoms with Crippen LogP contribution < -0.4 is 9.64 Å². The van der Waals surface area contributed by atoms with E-state index >= 15 is 0 Å². The van der Waals surface area contributed by atoms with Gasteiger partial charge in [-0.1, -0.05) is 22.9 Å². The lowest BCUT2D eigenvalue weighted by Crippen LogP contribution is -2.27. The van der Waals surface area contributed by atoms with Gasteiger partial charge in [0.25, 0.3) is 0 Å². The second-order valence-electron chi connectivity index (χ2n) is 9.04. The third-order valence-corrected chi connectivity index (χ3v) is 6.65. The van der Waals surface area contributed by atoms with Gasteiger partial charge in [0, 0.05) is 28.7 Å². The van der Waals surface area contributed by atoms with E-state index in [1.165, 1.54) is 29.2 Å². The lowest BCUT2D eigenvalue weighted by atomic mass is 10.1. The molecule has 0 radical (unpaired) electrons. The summed E-state index contributed by atoms with van der Waals surface area (Å²) in [6.07, 6.45) is 0.665. The van der Waals surface area contributed by atoms with Crippen LogP contribution in [0.25, 0.3) is 0 Å². The van der Waals surface area contributed by atoms with Gasteiger partial charge in [-0.05, 0) is 79.2 Å². The minimum absolute atomic E-state index is 0.0499.